The van der Waals surface area contributed by atoms with Gasteiger partial charge in [-0.25, -0.2) is 4.98 Å². The van der Waals surface area contributed by atoms with Crippen molar-refractivity contribution in [1.29, 1.82) is 0 Å². The lowest BCUT2D eigenvalue weighted by atomic mass is 10.1. The summed E-state index contributed by atoms with van der Waals surface area (Å²) < 4.78 is 0.0817. The van der Waals surface area contributed by atoms with E-state index in [0.717, 1.165) is 10.6 Å². The van der Waals surface area contributed by atoms with Crippen LogP contribution in [0.3, 0.4) is 0 Å². The summed E-state index contributed by atoms with van der Waals surface area (Å²) in [7, 11) is 0. The van der Waals surface area contributed by atoms with Gasteiger partial charge in [-0.05, 0) is 23.3 Å². The van der Waals surface area contributed by atoms with Crippen molar-refractivity contribution < 1.29 is 9.90 Å². The number of benzene rings is 1. The van der Waals surface area contributed by atoms with Crippen molar-refractivity contribution in [1.82, 2.24) is 10.3 Å². The van der Waals surface area contributed by atoms with Crippen LogP contribution in [0.2, 0.25) is 0 Å². The summed E-state index contributed by atoms with van der Waals surface area (Å²) in [4.78, 5) is 16.4. The standard InChI is InChI=1S/C18H22N2O2S/c1-18(2,3)23-15-11-13(9-10-19-15)12-20-17(22)16(21)14-7-5-4-6-8-14/h4-11,16,21H,12H2,1-3H3,(H,20,22). The lowest BCUT2D eigenvalue weighted by molar-refractivity contribution is -0.129. The van der Waals surface area contributed by atoms with Gasteiger partial charge in [-0.15, -0.1) is 11.8 Å². The number of carbonyl (C=O) groups excluding carboxylic acids is 1. The molecule has 1 amide bonds. The fourth-order valence-corrected chi connectivity index (χ4v) is 2.95. The quantitative estimate of drug-likeness (QED) is 0.826. The topological polar surface area (TPSA) is 62.2 Å². The van der Waals surface area contributed by atoms with Crippen LogP contribution in [0.25, 0.3) is 0 Å². The molecule has 0 spiro atoms. The second-order valence-corrected chi connectivity index (χ2v) is 8.09. The number of hydrogen-bond acceptors (Lipinski definition) is 4. The number of thioether (sulfide) groups is 1. The molecule has 2 N–H and O–H groups in total. The molecule has 1 aromatic heterocycles. The van der Waals surface area contributed by atoms with Gasteiger partial charge in [0.15, 0.2) is 6.10 Å². The Morgan fingerprint density at radius 1 is 1.26 bits per heavy atom. The minimum atomic E-state index is -1.15. The second-order valence-electron chi connectivity index (χ2n) is 6.25. The van der Waals surface area contributed by atoms with Crippen LogP contribution in [0.15, 0.2) is 53.7 Å². The molecule has 0 saturated heterocycles. The van der Waals surface area contributed by atoms with E-state index in [-0.39, 0.29) is 4.75 Å². The smallest absolute Gasteiger partial charge is 0.253 e. The normalized spacial score (nSPS) is 12.7. The Morgan fingerprint density at radius 2 is 1.96 bits per heavy atom. The highest BCUT2D eigenvalue weighted by Crippen LogP contribution is 2.30. The zero-order valence-electron chi connectivity index (χ0n) is 13.6. The molecule has 0 bridgehead atoms. The Labute approximate surface area is 141 Å². The molecule has 122 valence electrons. The fourth-order valence-electron chi connectivity index (χ4n) is 2.00. The van der Waals surface area contributed by atoms with E-state index in [9.17, 15) is 9.90 Å². The van der Waals surface area contributed by atoms with Gasteiger partial charge in [0.25, 0.3) is 5.91 Å². The molecule has 0 radical (unpaired) electrons. The first-order chi connectivity index (χ1) is 10.8. The van der Waals surface area contributed by atoms with Gasteiger partial charge < -0.3 is 10.4 Å². The van der Waals surface area contributed by atoms with E-state index in [1.165, 1.54) is 0 Å². The van der Waals surface area contributed by atoms with Crippen molar-refractivity contribution in [2.24, 2.45) is 0 Å². The van der Waals surface area contributed by atoms with E-state index >= 15 is 0 Å². The van der Waals surface area contributed by atoms with Crippen molar-refractivity contribution in [2.75, 3.05) is 0 Å². The molecule has 1 aromatic carbocycles. The summed E-state index contributed by atoms with van der Waals surface area (Å²) in [6.45, 7) is 6.75. The number of nitrogens with one attached hydrogen (secondary N) is 1. The maximum atomic E-state index is 12.0. The predicted molar refractivity (Wildman–Crippen MR) is 93.1 cm³/mol. The van der Waals surface area contributed by atoms with Gasteiger partial charge in [-0.1, -0.05) is 51.1 Å². The van der Waals surface area contributed by atoms with Crippen molar-refractivity contribution in [3.8, 4) is 0 Å². The number of hydrogen-bond donors (Lipinski definition) is 2. The number of pyridine rings is 1. The molecular formula is C18H22N2O2S. The molecule has 0 aliphatic heterocycles. The molecule has 0 fully saturated rings. The summed E-state index contributed by atoms with van der Waals surface area (Å²) in [6, 6.07) is 12.7. The first-order valence-corrected chi connectivity index (χ1v) is 8.31. The van der Waals surface area contributed by atoms with Crippen molar-refractivity contribution in [3.05, 3.63) is 59.8 Å². The molecule has 2 aromatic rings. The average Bonchev–Trinajstić information content (AvgIpc) is 2.51. The van der Waals surface area contributed by atoms with Gasteiger partial charge in [0, 0.05) is 17.5 Å². The fraction of sp³-hybridized carbons (Fsp3) is 0.333. The third-order valence-electron chi connectivity index (χ3n) is 3.04. The van der Waals surface area contributed by atoms with Crippen molar-refractivity contribution in [3.63, 3.8) is 0 Å². The molecule has 2 rings (SSSR count). The van der Waals surface area contributed by atoms with Crippen LogP contribution in [0.1, 0.15) is 38.0 Å². The highest BCUT2D eigenvalue weighted by atomic mass is 32.2. The monoisotopic (exact) mass is 330 g/mol. The summed E-state index contributed by atoms with van der Waals surface area (Å²) in [6.07, 6.45) is 0.588. The van der Waals surface area contributed by atoms with E-state index in [1.54, 1.807) is 42.2 Å². The zero-order chi connectivity index (χ0) is 16.9. The molecule has 1 heterocycles. The molecule has 5 heteroatoms. The first-order valence-electron chi connectivity index (χ1n) is 7.50. The number of aliphatic hydroxyl groups excluding tert-OH is 1. The minimum absolute atomic E-state index is 0.0817. The van der Waals surface area contributed by atoms with Crippen LogP contribution < -0.4 is 5.32 Å². The lowest BCUT2D eigenvalue weighted by Crippen LogP contribution is -2.28. The number of aromatic nitrogens is 1. The van der Waals surface area contributed by atoms with E-state index < -0.39 is 12.0 Å². The van der Waals surface area contributed by atoms with Gasteiger partial charge in [0.1, 0.15) is 0 Å². The van der Waals surface area contributed by atoms with Crippen LogP contribution >= 0.6 is 11.8 Å². The van der Waals surface area contributed by atoms with E-state index in [4.69, 9.17) is 0 Å². The van der Waals surface area contributed by atoms with Crippen LogP contribution in [-0.2, 0) is 11.3 Å². The van der Waals surface area contributed by atoms with Gasteiger partial charge in [0.2, 0.25) is 0 Å². The Morgan fingerprint density at radius 3 is 2.61 bits per heavy atom. The summed E-state index contributed by atoms with van der Waals surface area (Å²) in [5.74, 6) is -0.405. The Hall–Kier alpha value is -1.85. The van der Waals surface area contributed by atoms with Crippen molar-refractivity contribution in [2.45, 2.75) is 43.2 Å². The highest BCUT2D eigenvalue weighted by molar-refractivity contribution is 8.00. The average molecular weight is 330 g/mol. The first kappa shape index (κ1) is 17.5. The number of carbonyl (C=O) groups is 1. The van der Waals surface area contributed by atoms with Crippen LogP contribution in [-0.4, -0.2) is 20.7 Å². The molecule has 1 atom stereocenters. The number of nitrogens with zero attached hydrogens (tertiary/aromatic N) is 1. The van der Waals surface area contributed by atoms with E-state index in [0.29, 0.717) is 12.1 Å². The van der Waals surface area contributed by atoms with Crippen LogP contribution in [0.5, 0.6) is 0 Å². The summed E-state index contributed by atoms with van der Waals surface area (Å²) in [5.41, 5.74) is 1.55. The minimum Gasteiger partial charge on any atom is -0.378 e. The molecule has 0 aliphatic carbocycles. The highest BCUT2D eigenvalue weighted by Gasteiger charge is 2.17. The number of aliphatic hydroxyl groups is 1. The molecule has 0 aliphatic rings. The Kier molecular flexibility index (Phi) is 5.80. The van der Waals surface area contributed by atoms with E-state index in [2.05, 4.69) is 31.1 Å². The SMILES string of the molecule is CC(C)(C)Sc1cc(CNC(=O)C(O)c2ccccc2)ccn1. The largest absolute Gasteiger partial charge is 0.378 e. The van der Waals surface area contributed by atoms with Gasteiger partial charge >= 0.3 is 0 Å². The summed E-state index contributed by atoms with van der Waals surface area (Å²) in [5, 5.41) is 13.7. The lowest BCUT2D eigenvalue weighted by Gasteiger charge is -2.17. The van der Waals surface area contributed by atoms with E-state index in [1.807, 2.05) is 18.2 Å². The number of amides is 1. The predicted octanol–water partition coefficient (Wildman–Crippen LogP) is 3.32. The van der Waals surface area contributed by atoms with Crippen LogP contribution in [0.4, 0.5) is 0 Å². The van der Waals surface area contributed by atoms with Crippen LogP contribution in [0, 0.1) is 0 Å². The second kappa shape index (κ2) is 7.62. The van der Waals surface area contributed by atoms with Gasteiger partial charge in [0.05, 0.1) is 5.03 Å². The number of rotatable bonds is 5. The van der Waals surface area contributed by atoms with Gasteiger partial charge in [-0.3, -0.25) is 4.79 Å². The maximum Gasteiger partial charge on any atom is 0.253 e. The molecule has 23 heavy (non-hydrogen) atoms. The maximum absolute atomic E-state index is 12.0. The molecule has 1 unspecified atom stereocenters. The molecule has 4 nitrogen and oxygen atoms in total. The Bertz CT molecular complexity index is 654. The summed E-state index contributed by atoms with van der Waals surface area (Å²) >= 11 is 1.68. The Balaban J connectivity index is 1.95. The zero-order valence-corrected chi connectivity index (χ0v) is 14.4. The van der Waals surface area contributed by atoms with Gasteiger partial charge in [-0.2, -0.15) is 0 Å². The third-order valence-corrected chi connectivity index (χ3v) is 4.09. The van der Waals surface area contributed by atoms with Crippen molar-refractivity contribution >= 4 is 17.7 Å². The molecular weight excluding hydrogens is 308 g/mol. The third kappa shape index (κ3) is 5.69. The molecule has 0 saturated carbocycles.